The average molecular weight is 282 g/mol. The summed E-state index contributed by atoms with van der Waals surface area (Å²) in [6.45, 7) is 2.37. The highest BCUT2D eigenvalue weighted by Gasteiger charge is 2.21. The first-order chi connectivity index (χ1) is 9.10. The van der Waals surface area contributed by atoms with Crippen LogP contribution >= 0.6 is 11.3 Å². The van der Waals surface area contributed by atoms with Gasteiger partial charge in [0.15, 0.2) is 0 Å². The lowest BCUT2D eigenvalue weighted by atomic mass is 10.1. The molecule has 1 aliphatic heterocycles. The SMILES string of the molecule is CCC1=NOC(CNC(=O)c2ccc(C(=O)O)s2)C1. The lowest BCUT2D eigenvalue weighted by molar-refractivity contribution is 0.0702. The van der Waals surface area contributed by atoms with Gasteiger partial charge >= 0.3 is 5.97 Å². The summed E-state index contributed by atoms with van der Waals surface area (Å²) in [5.41, 5.74) is 0.989. The predicted molar refractivity (Wildman–Crippen MR) is 70.8 cm³/mol. The molecule has 0 fully saturated rings. The molecule has 0 spiro atoms. The normalized spacial score (nSPS) is 17.7. The third kappa shape index (κ3) is 3.31. The Morgan fingerprint density at radius 3 is 2.84 bits per heavy atom. The molecule has 102 valence electrons. The zero-order valence-electron chi connectivity index (χ0n) is 10.4. The molecule has 7 heteroatoms. The number of nitrogens with one attached hydrogen (secondary N) is 1. The van der Waals surface area contributed by atoms with E-state index in [1.165, 1.54) is 12.1 Å². The molecule has 2 heterocycles. The zero-order chi connectivity index (χ0) is 13.8. The monoisotopic (exact) mass is 282 g/mol. The number of carboxylic acids is 1. The van der Waals surface area contributed by atoms with Gasteiger partial charge in [-0.1, -0.05) is 12.1 Å². The minimum Gasteiger partial charge on any atom is -0.477 e. The van der Waals surface area contributed by atoms with Gasteiger partial charge in [-0.2, -0.15) is 0 Å². The first kappa shape index (κ1) is 13.5. The minimum atomic E-state index is -1.02. The van der Waals surface area contributed by atoms with Gasteiger partial charge in [-0.05, 0) is 18.6 Å². The van der Waals surface area contributed by atoms with Crippen LogP contribution in [0.1, 0.15) is 39.1 Å². The van der Waals surface area contributed by atoms with Gasteiger partial charge in [0.05, 0.1) is 17.1 Å². The molecule has 0 aliphatic carbocycles. The van der Waals surface area contributed by atoms with Gasteiger partial charge in [-0.15, -0.1) is 11.3 Å². The fourth-order valence-corrected chi connectivity index (χ4v) is 2.43. The quantitative estimate of drug-likeness (QED) is 0.861. The van der Waals surface area contributed by atoms with Crippen LogP contribution in [-0.2, 0) is 4.84 Å². The van der Waals surface area contributed by atoms with Crippen LogP contribution < -0.4 is 5.32 Å². The van der Waals surface area contributed by atoms with Crippen molar-refractivity contribution in [2.75, 3.05) is 6.54 Å². The van der Waals surface area contributed by atoms with Crippen LogP contribution in [0.5, 0.6) is 0 Å². The zero-order valence-corrected chi connectivity index (χ0v) is 11.2. The number of thiophene rings is 1. The van der Waals surface area contributed by atoms with Crippen LogP contribution in [0.15, 0.2) is 17.3 Å². The van der Waals surface area contributed by atoms with Crippen molar-refractivity contribution in [1.82, 2.24) is 5.32 Å². The third-order valence-electron chi connectivity index (χ3n) is 2.73. The molecule has 0 saturated carbocycles. The standard InChI is InChI=1S/C12H14N2O4S/c1-2-7-5-8(18-14-7)6-13-11(15)9-3-4-10(19-9)12(16)17/h3-4,8H,2,5-6H2,1H3,(H,13,15)(H,16,17). The van der Waals surface area contributed by atoms with Crippen molar-refractivity contribution < 1.29 is 19.5 Å². The summed E-state index contributed by atoms with van der Waals surface area (Å²) in [6.07, 6.45) is 1.44. The van der Waals surface area contributed by atoms with Gasteiger partial charge in [0.2, 0.25) is 0 Å². The molecule has 1 unspecified atom stereocenters. The Morgan fingerprint density at radius 2 is 2.26 bits per heavy atom. The number of hydrogen-bond acceptors (Lipinski definition) is 5. The Kier molecular flexibility index (Phi) is 4.16. The van der Waals surface area contributed by atoms with Crippen molar-refractivity contribution in [2.24, 2.45) is 5.16 Å². The van der Waals surface area contributed by atoms with E-state index in [0.717, 1.165) is 29.9 Å². The van der Waals surface area contributed by atoms with Crippen LogP contribution in [0, 0.1) is 0 Å². The maximum absolute atomic E-state index is 11.8. The second-order valence-electron chi connectivity index (χ2n) is 4.12. The molecule has 0 radical (unpaired) electrons. The molecule has 0 bridgehead atoms. The van der Waals surface area contributed by atoms with E-state index < -0.39 is 5.97 Å². The van der Waals surface area contributed by atoms with Gasteiger partial charge < -0.3 is 15.3 Å². The lowest BCUT2D eigenvalue weighted by Gasteiger charge is -2.08. The number of amides is 1. The number of carbonyl (C=O) groups excluding carboxylic acids is 1. The van der Waals surface area contributed by atoms with Gasteiger partial charge in [-0.3, -0.25) is 4.79 Å². The third-order valence-corrected chi connectivity index (χ3v) is 3.81. The van der Waals surface area contributed by atoms with Crippen molar-refractivity contribution >= 4 is 28.9 Å². The maximum Gasteiger partial charge on any atom is 0.345 e. The number of carbonyl (C=O) groups is 2. The maximum atomic E-state index is 11.8. The minimum absolute atomic E-state index is 0.127. The highest BCUT2D eigenvalue weighted by Crippen LogP contribution is 2.17. The molecule has 1 amide bonds. The number of rotatable bonds is 5. The van der Waals surface area contributed by atoms with Gasteiger partial charge in [0.25, 0.3) is 5.91 Å². The molecule has 1 aromatic rings. The van der Waals surface area contributed by atoms with Crippen LogP contribution in [0.4, 0.5) is 0 Å². The van der Waals surface area contributed by atoms with Crippen molar-refractivity contribution in [3.8, 4) is 0 Å². The Hall–Kier alpha value is -1.89. The van der Waals surface area contributed by atoms with E-state index in [2.05, 4.69) is 10.5 Å². The Balaban J connectivity index is 1.83. The number of hydrogen-bond donors (Lipinski definition) is 2. The Labute approximate surface area is 114 Å². The highest BCUT2D eigenvalue weighted by atomic mass is 32.1. The number of nitrogens with zero attached hydrogens (tertiary/aromatic N) is 1. The van der Waals surface area contributed by atoms with Crippen molar-refractivity contribution in [3.05, 3.63) is 21.9 Å². The van der Waals surface area contributed by atoms with E-state index in [9.17, 15) is 9.59 Å². The highest BCUT2D eigenvalue weighted by molar-refractivity contribution is 7.15. The lowest BCUT2D eigenvalue weighted by Crippen LogP contribution is -2.31. The first-order valence-electron chi connectivity index (χ1n) is 5.93. The van der Waals surface area contributed by atoms with Crippen molar-refractivity contribution in [2.45, 2.75) is 25.9 Å². The van der Waals surface area contributed by atoms with Gasteiger partial charge in [-0.25, -0.2) is 4.79 Å². The summed E-state index contributed by atoms with van der Waals surface area (Å²) in [4.78, 5) is 28.2. The van der Waals surface area contributed by atoms with Crippen LogP contribution in [-0.4, -0.2) is 35.3 Å². The van der Waals surface area contributed by atoms with Crippen LogP contribution in [0.3, 0.4) is 0 Å². The molecule has 1 aliphatic rings. The van der Waals surface area contributed by atoms with Crippen molar-refractivity contribution in [1.29, 1.82) is 0 Å². The topological polar surface area (TPSA) is 88.0 Å². The van der Waals surface area contributed by atoms with E-state index in [0.29, 0.717) is 11.4 Å². The molecule has 6 nitrogen and oxygen atoms in total. The first-order valence-corrected chi connectivity index (χ1v) is 6.74. The van der Waals surface area contributed by atoms with Gasteiger partial charge in [0.1, 0.15) is 11.0 Å². The summed E-state index contributed by atoms with van der Waals surface area (Å²) in [5, 5.41) is 15.4. The summed E-state index contributed by atoms with van der Waals surface area (Å²) in [7, 11) is 0. The van der Waals surface area contributed by atoms with E-state index in [1.807, 2.05) is 6.92 Å². The Bertz CT molecular complexity index is 524. The van der Waals surface area contributed by atoms with E-state index in [4.69, 9.17) is 9.94 Å². The molecule has 0 saturated heterocycles. The second kappa shape index (κ2) is 5.83. The van der Waals surface area contributed by atoms with Crippen LogP contribution in [0.25, 0.3) is 0 Å². The molecule has 19 heavy (non-hydrogen) atoms. The smallest absolute Gasteiger partial charge is 0.345 e. The van der Waals surface area contributed by atoms with Crippen LogP contribution in [0.2, 0.25) is 0 Å². The summed E-state index contributed by atoms with van der Waals surface area (Å²) < 4.78 is 0. The fraction of sp³-hybridized carbons (Fsp3) is 0.417. The number of carboxylic acid groups (broad SMARTS) is 1. The second-order valence-corrected chi connectivity index (χ2v) is 5.21. The van der Waals surface area contributed by atoms with E-state index in [1.54, 1.807) is 0 Å². The fourth-order valence-electron chi connectivity index (χ4n) is 1.67. The van der Waals surface area contributed by atoms with E-state index in [-0.39, 0.29) is 16.9 Å². The summed E-state index contributed by atoms with van der Waals surface area (Å²) in [5.74, 6) is -1.31. The Morgan fingerprint density at radius 1 is 1.53 bits per heavy atom. The van der Waals surface area contributed by atoms with Crippen molar-refractivity contribution in [3.63, 3.8) is 0 Å². The summed E-state index contributed by atoms with van der Waals surface area (Å²) in [6, 6.07) is 2.93. The molecule has 1 aromatic heterocycles. The molecule has 1 atom stereocenters. The molecular formula is C12H14N2O4S. The van der Waals surface area contributed by atoms with E-state index >= 15 is 0 Å². The molecular weight excluding hydrogens is 268 g/mol. The molecule has 2 rings (SSSR count). The molecule has 0 aromatic carbocycles. The average Bonchev–Trinajstić information content (AvgIpc) is 3.04. The van der Waals surface area contributed by atoms with Gasteiger partial charge in [0, 0.05) is 6.42 Å². The number of oxime groups is 1. The molecule has 2 N–H and O–H groups in total. The largest absolute Gasteiger partial charge is 0.477 e. The predicted octanol–water partition coefficient (Wildman–Crippen LogP) is 1.73. The number of aromatic carboxylic acids is 1. The summed E-state index contributed by atoms with van der Waals surface area (Å²) >= 11 is 0.956.